The van der Waals surface area contributed by atoms with Crippen molar-refractivity contribution in [3.8, 4) is 0 Å². The van der Waals surface area contributed by atoms with Crippen LogP contribution in [0.25, 0.3) is 0 Å². The van der Waals surface area contributed by atoms with Gasteiger partial charge in [-0.25, -0.2) is 0 Å². The molecule has 8 nitrogen and oxygen atoms in total. The van der Waals surface area contributed by atoms with Crippen molar-refractivity contribution >= 4 is 0 Å². The van der Waals surface area contributed by atoms with Gasteiger partial charge in [0.1, 0.15) is 0 Å². The van der Waals surface area contributed by atoms with E-state index >= 15 is 0 Å². The van der Waals surface area contributed by atoms with E-state index in [1.165, 1.54) is 0 Å². The smallest absolute Gasteiger partial charge is 0.0758 e. The molecule has 0 fully saturated rings. The molecule has 0 aliphatic heterocycles. The van der Waals surface area contributed by atoms with Crippen LogP contribution in [0.2, 0.25) is 0 Å². The highest BCUT2D eigenvalue weighted by atomic mass is 17.1. The van der Waals surface area contributed by atoms with Crippen molar-refractivity contribution in [2.24, 2.45) is 0 Å². The van der Waals surface area contributed by atoms with Gasteiger partial charge in [0.25, 0.3) is 0 Å². The second-order valence-corrected chi connectivity index (χ2v) is 1.53. The van der Waals surface area contributed by atoms with Crippen LogP contribution in [0.3, 0.4) is 0 Å². The van der Waals surface area contributed by atoms with Gasteiger partial charge in [0.15, 0.2) is 0 Å². The maximum atomic E-state index is 7.98. The lowest BCUT2D eigenvalue weighted by atomic mass is 10.5. The van der Waals surface area contributed by atoms with E-state index in [2.05, 4.69) is 9.68 Å². The lowest BCUT2D eigenvalue weighted by Gasteiger charge is -2.07. The Balaban J connectivity index is 2.91. The Hall–Kier alpha value is -0.320. The van der Waals surface area contributed by atoms with Gasteiger partial charge in [0.2, 0.25) is 0 Å². The molecule has 0 saturated heterocycles. The van der Waals surface area contributed by atoms with E-state index in [-0.39, 0.29) is 19.6 Å². The number of nitrogens with zero attached hydrogens (tertiary/aromatic N) is 2. The Morgan fingerprint density at radius 2 is 1.18 bits per heavy atom. The minimum absolute atomic E-state index is 0.0131. The van der Waals surface area contributed by atoms with E-state index in [4.69, 9.17) is 20.8 Å². The highest BCUT2D eigenvalue weighted by Crippen LogP contribution is 1.86. The van der Waals surface area contributed by atoms with Crippen molar-refractivity contribution in [1.82, 2.24) is 10.8 Å². The molecule has 68 valence electrons. The summed E-state index contributed by atoms with van der Waals surface area (Å²) in [6.07, 6.45) is 0.273. The Morgan fingerprint density at radius 3 is 1.45 bits per heavy atom. The number of hydrogen-bond donors (Lipinski definition) is 4. The predicted molar refractivity (Wildman–Crippen MR) is 27.3 cm³/mol. The van der Waals surface area contributed by atoms with Crippen LogP contribution in [0.1, 0.15) is 6.42 Å². The summed E-state index contributed by atoms with van der Waals surface area (Å²) in [5, 5.41) is 31.0. The molecule has 8 heteroatoms. The van der Waals surface area contributed by atoms with Crippen molar-refractivity contribution in [1.29, 1.82) is 0 Å². The molecule has 0 amide bonds. The van der Waals surface area contributed by atoms with Gasteiger partial charge in [-0.05, 0) is 6.42 Å². The fourth-order valence-electron chi connectivity index (χ4n) is 0.351. The van der Waals surface area contributed by atoms with Crippen LogP contribution in [-0.4, -0.2) is 44.8 Å². The SMILES string of the molecule is ON(O)OCCCON(O)O. The van der Waals surface area contributed by atoms with Crippen LogP contribution in [-0.2, 0) is 9.68 Å². The Bertz CT molecular complexity index is 77.9. The van der Waals surface area contributed by atoms with E-state index in [9.17, 15) is 0 Å². The molecule has 4 N–H and O–H groups in total. The van der Waals surface area contributed by atoms with Gasteiger partial charge in [-0.1, -0.05) is 0 Å². The van der Waals surface area contributed by atoms with Crippen LogP contribution < -0.4 is 0 Å². The zero-order valence-corrected chi connectivity index (χ0v) is 5.62. The summed E-state index contributed by atoms with van der Waals surface area (Å²) in [6.45, 7) is -0.0261. The molecule has 11 heavy (non-hydrogen) atoms. The lowest BCUT2D eigenvalue weighted by Crippen LogP contribution is -2.19. The molecule has 0 aromatic rings. The van der Waals surface area contributed by atoms with Crippen molar-refractivity contribution in [3.05, 3.63) is 0 Å². The third-order valence-corrected chi connectivity index (χ3v) is 0.702. The molecule has 0 saturated carbocycles. The summed E-state index contributed by atoms with van der Waals surface area (Å²) >= 11 is 0. The summed E-state index contributed by atoms with van der Waals surface area (Å²) in [6, 6.07) is 0. The first-order valence-corrected chi connectivity index (χ1v) is 2.74. The van der Waals surface area contributed by atoms with Crippen molar-refractivity contribution < 1.29 is 30.5 Å². The first-order chi connectivity index (χ1) is 5.13. The third kappa shape index (κ3) is 9.68. The fourth-order valence-corrected chi connectivity index (χ4v) is 0.351. The van der Waals surface area contributed by atoms with Crippen molar-refractivity contribution in [2.45, 2.75) is 6.42 Å². The summed E-state index contributed by atoms with van der Waals surface area (Å²) in [4.78, 5) is 8.21. The van der Waals surface area contributed by atoms with E-state index < -0.39 is 10.8 Å². The molecule has 0 spiro atoms. The molecule has 0 heterocycles. The lowest BCUT2D eigenvalue weighted by molar-refractivity contribution is -0.500. The highest BCUT2D eigenvalue weighted by Gasteiger charge is 1.96. The Morgan fingerprint density at radius 1 is 0.818 bits per heavy atom. The van der Waals surface area contributed by atoms with Gasteiger partial charge in [-0.15, -0.1) is 0 Å². The first kappa shape index (κ1) is 10.7. The molecule has 0 atom stereocenters. The third-order valence-electron chi connectivity index (χ3n) is 0.702. The zero-order chi connectivity index (χ0) is 8.69. The van der Waals surface area contributed by atoms with Gasteiger partial charge < -0.3 is 0 Å². The molecule has 0 aliphatic carbocycles. The van der Waals surface area contributed by atoms with Gasteiger partial charge in [-0.3, -0.25) is 30.5 Å². The van der Waals surface area contributed by atoms with Crippen molar-refractivity contribution in [3.63, 3.8) is 0 Å². The summed E-state index contributed by atoms with van der Waals surface area (Å²) in [5.74, 6) is 0. The van der Waals surface area contributed by atoms with E-state index in [1.54, 1.807) is 0 Å². The number of rotatable bonds is 6. The van der Waals surface area contributed by atoms with E-state index in [1.807, 2.05) is 0 Å². The molecule has 0 rings (SSSR count). The van der Waals surface area contributed by atoms with Crippen LogP contribution >= 0.6 is 0 Å². The van der Waals surface area contributed by atoms with Gasteiger partial charge in [0.05, 0.1) is 24.0 Å². The van der Waals surface area contributed by atoms with Crippen molar-refractivity contribution in [2.75, 3.05) is 13.2 Å². The molecule has 0 radical (unpaired) electrons. The molecule has 0 aromatic carbocycles. The molecular weight excluding hydrogens is 160 g/mol. The van der Waals surface area contributed by atoms with Crippen LogP contribution in [0.4, 0.5) is 0 Å². The summed E-state index contributed by atoms with van der Waals surface area (Å²) in [7, 11) is 0. The molecule has 0 bridgehead atoms. The fraction of sp³-hybridized carbons (Fsp3) is 1.00. The molecular formula is C3H10N2O6. The second-order valence-electron chi connectivity index (χ2n) is 1.53. The highest BCUT2D eigenvalue weighted by molar-refractivity contribution is 4.27. The minimum atomic E-state index is -0.435. The maximum Gasteiger partial charge on any atom is 0.0758 e. The molecule has 0 unspecified atom stereocenters. The molecule has 0 aromatic heterocycles. The van der Waals surface area contributed by atoms with E-state index in [0.29, 0.717) is 0 Å². The number of hydrogen-bond acceptors (Lipinski definition) is 8. The second kappa shape index (κ2) is 6.39. The maximum absolute atomic E-state index is 7.98. The summed E-state index contributed by atoms with van der Waals surface area (Å²) < 4.78 is 0. The topological polar surface area (TPSA) is 106 Å². The average molecular weight is 170 g/mol. The van der Waals surface area contributed by atoms with E-state index in [0.717, 1.165) is 0 Å². The monoisotopic (exact) mass is 170 g/mol. The van der Waals surface area contributed by atoms with Crippen LogP contribution in [0.5, 0.6) is 0 Å². The molecule has 0 aliphatic rings. The quantitative estimate of drug-likeness (QED) is 0.309. The van der Waals surface area contributed by atoms with Gasteiger partial charge in [-0.2, -0.15) is 0 Å². The zero-order valence-electron chi connectivity index (χ0n) is 5.62. The predicted octanol–water partition coefficient (Wildman–Crippen LogP) is -0.600. The average Bonchev–Trinajstić information content (AvgIpc) is 1.85. The summed E-state index contributed by atoms with van der Waals surface area (Å²) in [5.41, 5.74) is 0. The van der Waals surface area contributed by atoms with Crippen LogP contribution in [0.15, 0.2) is 0 Å². The Kier molecular flexibility index (Phi) is 6.21. The first-order valence-electron chi connectivity index (χ1n) is 2.74. The largest absolute Gasteiger partial charge is 0.266 e. The van der Waals surface area contributed by atoms with Gasteiger partial charge >= 0.3 is 0 Å². The normalized spacial score (nSPS) is 11.5. The van der Waals surface area contributed by atoms with Crippen LogP contribution in [0, 0.1) is 0 Å². The minimum Gasteiger partial charge on any atom is -0.266 e. The Labute approximate surface area is 62.1 Å². The van der Waals surface area contributed by atoms with Gasteiger partial charge in [0, 0.05) is 0 Å². The standard InChI is InChI=1S/C3H10N2O6/c6-4(7)10-2-1-3-11-5(8)9/h6-9H,1-3H2.